The molecule has 170 valence electrons. The highest BCUT2D eigenvalue weighted by molar-refractivity contribution is 6.02. The molecule has 1 amide bonds. The number of amides is 1. The van der Waals surface area contributed by atoms with Gasteiger partial charge in [0.2, 0.25) is 0 Å². The Morgan fingerprint density at radius 2 is 1.82 bits per heavy atom. The number of hydrogen-bond donors (Lipinski definition) is 2. The van der Waals surface area contributed by atoms with Gasteiger partial charge in [0.1, 0.15) is 22.8 Å². The number of halogens is 1. The van der Waals surface area contributed by atoms with E-state index in [0.717, 1.165) is 24.8 Å². The van der Waals surface area contributed by atoms with Crippen molar-refractivity contribution in [2.45, 2.75) is 31.3 Å². The van der Waals surface area contributed by atoms with E-state index in [9.17, 15) is 19.1 Å². The summed E-state index contributed by atoms with van der Waals surface area (Å²) in [5, 5.41) is 14.4. The number of benzene rings is 1. The molecule has 3 aliphatic rings. The van der Waals surface area contributed by atoms with Gasteiger partial charge in [-0.15, -0.1) is 0 Å². The average molecular weight is 456 g/mol. The molecule has 0 unspecified atom stereocenters. The maximum Gasteiger partial charge on any atom is 0.269 e. The third-order valence-corrected chi connectivity index (χ3v) is 6.98. The molecule has 3 aliphatic carbocycles. The fraction of sp³-hybridized carbons (Fsp3) is 0.231. The first-order valence-corrected chi connectivity index (χ1v) is 11.2. The summed E-state index contributed by atoms with van der Waals surface area (Å²) in [4.78, 5) is 35.2. The molecule has 3 saturated carbocycles. The van der Waals surface area contributed by atoms with E-state index in [1.165, 1.54) is 16.7 Å². The fourth-order valence-electron chi connectivity index (χ4n) is 5.07. The number of carbonyl (C=O) groups excluding carboxylic acids is 1. The molecule has 1 aromatic carbocycles. The zero-order valence-corrected chi connectivity index (χ0v) is 18.2. The SMILES string of the molecule is O=C(NC12CC(C1)C2)c1c(O)c2cc(-c3ccc(F)cc3)cnc2n(Cc2ccncc2)c1=O. The molecule has 0 spiro atoms. The van der Waals surface area contributed by atoms with Crippen molar-refractivity contribution in [3.8, 4) is 16.9 Å². The second-order valence-electron chi connectivity index (χ2n) is 9.29. The molecule has 3 aromatic heterocycles. The second-order valence-corrected chi connectivity index (χ2v) is 9.29. The molecule has 7 nitrogen and oxygen atoms in total. The zero-order chi connectivity index (χ0) is 23.4. The second kappa shape index (κ2) is 7.48. The van der Waals surface area contributed by atoms with Crippen LogP contribution in [0.3, 0.4) is 0 Å². The van der Waals surface area contributed by atoms with Gasteiger partial charge in [0.05, 0.1) is 11.9 Å². The van der Waals surface area contributed by atoms with Crippen LogP contribution in [-0.2, 0) is 6.54 Å². The monoisotopic (exact) mass is 456 g/mol. The number of nitrogens with one attached hydrogen (secondary N) is 1. The van der Waals surface area contributed by atoms with E-state index >= 15 is 0 Å². The number of carbonyl (C=O) groups is 1. The molecule has 0 aliphatic heterocycles. The van der Waals surface area contributed by atoms with Gasteiger partial charge in [0.15, 0.2) is 0 Å². The summed E-state index contributed by atoms with van der Waals surface area (Å²) in [6.07, 6.45) is 7.55. The van der Waals surface area contributed by atoms with Crippen LogP contribution in [0, 0.1) is 11.7 Å². The van der Waals surface area contributed by atoms with Crippen molar-refractivity contribution in [3.05, 3.63) is 88.4 Å². The van der Waals surface area contributed by atoms with Crippen LogP contribution in [0.25, 0.3) is 22.2 Å². The van der Waals surface area contributed by atoms with Crippen molar-refractivity contribution in [3.63, 3.8) is 0 Å². The minimum atomic E-state index is -0.604. The normalized spacial score (nSPS) is 20.4. The molecular weight excluding hydrogens is 435 g/mol. The Morgan fingerprint density at radius 3 is 2.47 bits per heavy atom. The van der Waals surface area contributed by atoms with Crippen LogP contribution in [0.1, 0.15) is 35.2 Å². The molecule has 4 aromatic rings. The third-order valence-electron chi connectivity index (χ3n) is 6.98. The molecular formula is C26H21FN4O3. The Kier molecular flexibility index (Phi) is 4.52. The maximum atomic E-state index is 13.5. The molecule has 2 N–H and O–H groups in total. The van der Waals surface area contributed by atoms with Crippen LogP contribution in [0.4, 0.5) is 4.39 Å². The maximum absolute atomic E-state index is 13.5. The van der Waals surface area contributed by atoms with Crippen molar-refractivity contribution in [2.75, 3.05) is 0 Å². The Hall–Kier alpha value is -4.07. The number of fused-ring (bicyclic) bond motifs is 1. The van der Waals surface area contributed by atoms with Crippen LogP contribution < -0.4 is 10.9 Å². The predicted octanol–water partition coefficient (Wildman–Crippen LogP) is 3.63. The largest absolute Gasteiger partial charge is 0.506 e. The quantitative estimate of drug-likeness (QED) is 0.478. The van der Waals surface area contributed by atoms with E-state index in [4.69, 9.17) is 0 Å². The van der Waals surface area contributed by atoms with Gasteiger partial charge in [0.25, 0.3) is 11.5 Å². The van der Waals surface area contributed by atoms with E-state index in [1.807, 2.05) is 0 Å². The van der Waals surface area contributed by atoms with Gasteiger partial charge in [0, 0.05) is 29.7 Å². The summed E-state index contributed by atoms with van der Waals surface area (Å²) >= 11 is 0. The number of nitrogens with zero attached hydrogens (tertiary/aromatic N) is 3. The standard InChI is InChI=1S/C26H21FN4O3/c27-19-3-1-17(2-4-19)18-9-20-22(32)21(24(33)30-26-10-16(11-26)12-26)25(34)31(23(20)29-13-18)14-15-5-7-28-8-6-15/h1-9,13,16,32H,10-12,14H2,(H,30,33). The van der Waals surface area contributed by atoms with Crippen LogP contribution in [0.5, 0.6) is 5.75 Å². The molecule has 8 heteroatoms. The van der Waals surface area contributed by atoms with Crippen LogP contribution in [0.15, 0.2) is 65.8 Å². The first-order valence-electron chi connectivity index (χ1n) is 11.2. The summed E-state index contributed by atoms with van der Waals surface area (Å²) in [5.74, 6) is -0.680. The number of aromatic hydroxyl groups is 1. The summed E-state index contributed by atoms with van der Waals surface area (Å²) < 4.78 is 14.8. The van der Waals surface area contributed by atoms with E-state index in [0.29, 0.717) is 17.0 Å². The molecule has 3 heterocycles. The molecule has 34 heavy (non-hydrogen) atoms. The summed E-state index contributed by atoms with van der Waals surface area (Å²) in [7, 11) is 0. The predicted molar refractivity (Wildman–Crippen MR) is 124 cm³/mol. The lowest BCUT2D eigenvalue weighted by Gasteiger charge is -2.61. The summed E-state index contributed by atoms with van der Waals surface area (Å²) in [5.41, 5.74) is 1.24. The van der Waals surface area contributed by atoms with Gasteiger partial charge in [-0.3, -0.25) is 19.1 Å². The minimum absolute atomic E-state index is 0.161. The van der Waals surface area contributed by atoms with Gasteiger partial charge >= 0.3 is 0 Å². The highest BCUT2D eigenvalue weighted by Crippen LogP contribution is 2.57. The van der Waals surface area contributed by atoms with Crippen molar-refractivity contribution in [1.29, 1.82) is 0 Å². The number of aromatic nitrogens is 3. The van der Waals surface area contributed by atoms with Gasteiger partial charge in [-0.1, -0.05) is 12.1 Å². The van der Waals surface area contributed by atoms with E-state index in [2.05, 4.69) is 15.3 Å². The third kappa shape index (κ3) is 3.25. The Labute approximate surface area is 193 Å². The van der Waals surface area contributed by atoms with Crippen molar-refractivity contribution in [2.24, 2.45) is 5.92 Å². The highest BCUT2D eigenvalue weighted by Gasteiger charge is 2.57. The summed E-state index contributed by atoms with van der Waals surface area (Å²) in [6, 6.07) is 11.1. The molecule has 3 fully saturated rings. The van der Waals surface area contributed by atoms with Gasteiger partial charge < -0.3 is 10.4 Å². The Balaban J connectivity index is 1.52. The minimum Gasteiger partial charge on any atom is -0.506 e. The smallest absolute Gasteiger partial charge is 0.269 e. The van der Waals surface area contributed by atoms with E-state index < -0.39 is 17.2 Å². The number of pyridine rings is 3. The topological polar surface area (TPSA) is 97.1 Å². The van der Waals surface area contributed by atoms with Crippen molar-refractivity contribution >= 4 is 16.9 Å². The summed E-state index contributed by atoms with van der Waals surface area (Å²) in [6.45, 7) is 0.161. The molecule has 2 bridgehead atoms. The lowest BCUT2D eigenvalue weighted by Crippen LogP contribution is -2.68. The Bertz CT molecular complexity index is 1480. The molecule has 0 saturated heterocycles. The fourth-order valence-corrected chi connectivity index (χ4v) is 5.07. The lowest BCUT2D eigenvalue weighted by molar-refractivity contribution is -0.0439. The van der Waals surface area contributed by atoms with Crippen molar-refractivity contribution < 1.29 is 14.3 Å². The molecule has 7 rings (SSSR count). The first-order chi connectivity index (χ1) is 16.4. The van der Waals surface area contributed by atoms with Crippen LogP contribution in [0.2, 0.25) is 0 Å². The van der Waals surface area contributed by atoms with E-state index in [-0.39, 0.29) is 34.5 Å². The first kappa shape index (κ1) is 20.5. The van der Waals surface area contributed by atoms with Gasteiger partial charge in [-0.25, -0.2) is 9.37 Å². The lowest BCUT2D eigenvalue weighted by atomic mass is 9.50. The number of rotatable bonds is 5. The molecule has 0 atom stereocenters. The van der Waals surface area contributed by atoms with Crippen LogP contribution >= 0.6 is 0 Å². The number of hydrogen-bond acceptors (Lipinski definition) is 5. The van der Waals surface area contributed by atoms with Crippen molar-refractivity contribution in [1.82, 2.24) is 19.9 Å². The zero-order valence-electron chi connectivity index (χ0n) is 18.2. The average Bonchev–Trinajstić information content (AvgIpc) is 2.79. The van der Waals surface area contributed by atoms with Gasteiger partial charge in [-0.05, 0) is 66.6 Å². The van der Waals surface area contributed by atoms with Crippen LogP contribution in [-0.4, -0.2) is 31.1 Å². The molecule has 0 radical (unpaired) electrons. The Morgan fingerprint density at radius 1 is 1.12 bits per heavy atom. The van der Waals surface area contributed by atoms with E-state index in [1.54, 1.807) is 48.9 Å². The highest BCUT2D eigenvalue weighted by atomic mass is 19.1. The van der Waals surface area contributed by atoms with Gasteiger partial charge in [-0.2, -0.15) is 0 Å².